The highest BCUT2D eigenvalue weighted by molar-refractivity contribution is 7.96. The van der Waals surface area contributed by atoms with Crippen molar-refractivity contribution in [2.75, 3.05) is 7.11 Å². The van der Waals surface area contributed by atoms with Gasteiger partial charge in [-0.05, 0) is 6.92 Å². The van der Waals surface area contributed by atoms with Crippen molar-refractivity contribution in [3.63, 3.8) is 0 Å². The summed E-state index contributed by atoms with van der Waals surface area (Å²) >= 11 is 0. The predicted octanol–water partition coefficient (Wildman–Crippen LogP) is 1.52. The lowest BCUT2D eigenvalue weighted by atomic mass is 10.0. The highest BCUT2D eigenvalue weighted by Gasteiger charge is 2.37. The van der Waals surface area contributed by atoms with Crippen LogP contribution in [0.2, 0.25) is 0 Å². The van der Waals surface area contributed by atoms with Crippen LogP contribution in [0.3, 0.4) is 0 Å². The van der Waals surface area contributed by atoms with Gasteiger partial charge < -0.3 is 9.94 Å². The van der Waals surface area contributed by atoms with Gasteiger partial charge in [0.15, 0.2) is 0 Å². The van der Waals surface area contributed by atoms with Gasteiger partial charge in [-0.2, -0.15) is 5.10 Å². The standard InChI is InChI=1S/C16H15N3O5S/c1-3-19-16(21)13(8-17-19)11-5-4-6-12-14(18-24-2)7-10(9-20)25(22,23)15(11)12/h4-6,8,21H,3,7H2,1-2H3. The van der Waals surface area contributed by atoms with Gasteiger partial charge >= 0.3 is 0 Å². The van der Waals surface area contributed by atoms with Gasteiger partial charge in [-0.25, -0.2) is 17.9 Å². The van der Waals surface area contributed by atoms with Crippen LogP contribution in [-0.2, 0) is 26.0 Å². The molecule has 130 valence electrons. The van der Waals surface area contributed by atoms with Crippen LogP contribution in [0.5, 0.6) is 5.88 Å². The highest BCUT2D eigenvalue weighted by atomic mass is 32.2. The van der Waals surface area contributed by atoms with Crippen LogP contribution in [0.15, 0.2) is 39.4 Å². The van der Waals surface area contributed by atoms with Gasteiger partial charge in [0.1, 0.15) is 18.0 Å². The Balaban J connectivity index is 2.39. The number of hydrogen-bond donors (Lipinski definition) is 1. The zero-order chi connectivity index (χ0) is 18.2. The molecule has 0 bridgehead atoms. The first-order valence-electron chi connectivity index (χ1n) is 7.43. The predicted molar refractivity (Wildman–Crippen MR) is 89.6 cm³/mol. The first kappa shape index (κ1) is 16.9. The zero-order valence-corrected chi connectivity index (χ0v) is 14.4. The van der Waals surface area contributed by atoms with Crippen LogP contribution in [0.25, 0.3) is 11.1 Å². The van der Waals surface area contributed by atoms with E-state index >= 15 is 0 Å². The Kier molecular flexibility index (Phi) is 4.20. The van der Waals surface area contributed by atoms with Crippen LogP contribution in [-0.4, -0.2) is 42.1 Å². The topological polar surface area (TPSA) is 111 Å². The van der Waals surface area contributed by atoms with Crippen molar-refractivity contribution in [2.24, 2.45) is 5.16 Å². The van der Waals surface area contributed by atoms with Crippen LogP contribution in [0, 0.1) is 0 Å². The number of aromatic hydroxyl groups is 1. The average Bonchev–Trinajstić information content (AvgIpc) is 2.97. The lowest BCUT2D eigenvalue weighted by Gasteiger charge is -2.21. The van der Waals surface area contributed by atoms with E-state index in [1.54, 1.807) is 25.1 Å². The summed E-state index contributed by atoms with van der Waals surface area (Å²) in [4.78, 5) is 15.4. The Labute approximate surface area is 143 Å². The second kappa shape index (κ2) is 6.19. The van der Waals surface area contributed by atoms with Crippen molar-refractivity contribution in [3.05, 3.63) is 34.9 Å². The molecule has 1 aromatic carbocycles. The second-order valence-electron chi connectivity index (χ2n) is 5.31. The van der Waals surface area contributed by atoms with Gasteiger partial charge in [-0.15, -0.1) is 0 Å². The molecule has 2 aromatic rings. The summed E-state index contributed by atoms with van der Waals surface area (Å²) in [5, 5.41) is 18.2. The van der Waals surface area contributed by atoms with Gasteiger partial charge in [-0.1, -0.05) is 23.4 Å². The zero-order valence-electron chi connectivity index (χ0n) is 13.6. The third-order valence-electron chi connectivity index (χ3n) is 3.96. The summed E-state index contributed by atoms with van der Waals surface area (Å²) in [7, 11) is -2.73. The smallest absolute Gasteiger partial charge is 0.217 e. The fourth-order valence-corrected chi connectivity index (χ4v) is 4.44. The van der Waals surface area contributed by atoms with Gasteiger partial charge in [0, 0.05) is 24.1 Å². The third-order valence-corrected chi connectivity index (χ3v) is 5.82. The van der Waals surface area contributed by atoms with E-state index in [1.807, 2.05) is 0 Å². The normalized spacial score (nSPS) is 17.2. The molecule has 2 heterocycles. The van der Waals surface area contributed by atoms with Crippen molar-refractivity contribution in [1.29, 1.82) is 0 Å². The maximum Gasteiger partial charge on any atom is 0.217 e. The highest BCUT2D eigenvalue weighted by Crippen LogP contribution is 2.41. The molecule has 8 nitrogen and oxygen atoms in total. The summed E-state index contributed by atoms with van der Waals surface area (Å²) in [5.74, 6) is 1.34. The SMILES string of the molecule is CCn1ncc(-c2cccc3c2S(=O)(=O)C(=C=O)CC3=NOC)c1O. The molecule has 9 heteroatoms. The fraction of sp³-hybridized carbons (Fsp3) is 0.250. The molecule has 0 saturated carbocycles. The molecule has 0 amide bonds. The quantitative estimate of drug-likeness (QED) is 0.655. The summed E-state index contributed by atoms with van der Waals surface area (Å²) in [5.41, 5.74) is 1.12. The maximum atomic E-state index is 12.9. The van der Waals surface area contributed by atoms with E-state index < -0.39 is 14.7 Å². The molecule has 0 saturated heterocycles. The number of rotatable bonds is 3. The van der Waals surface area contributed by atoms with Crippen LogP contribution in [0.1, 0.15) is 18.9 Å². The van der Waals surface area contributed by atoms with Gasteiger partial charge in [-0.3, -0.25) is 0 Å². The van der Waals surface area contributed by atoms with E-state index in [0.29, 0.717) is 17.8 Å². The number of hydrogen-bond acceptors (Lipinski definition) is 7. The number of aromatic nitrogens is 2. The Morgan fingerprint density at radius 1 is 1.36 bits per heavy atom. The van der Waals surface area contributed by atoms with Gasteiger partial charge in [0.2, 0.25) is 15.7 Å². The van der Waals surface area contributed by atoms with Gasteiger partial charge in [0.25, 0.3) is 0 Å². The van der Waals surface area contributed by atoms with Crippen molar-refractivity contribution in [1.82, 2.24) is 9.78 Å². The largest absolute Gasteiger partial charge is 0.493 e. The number of carbonyl (C=O) groups excluding carboxylic acids is 1. The number of allylic oxidation sites excluding steroid dienone is 1. The lowest BCUT2D eigenvalue weighted by Crippen LogP contribution is -2.22. The van der Waals surface area contributed by atoms with Crippen LogP contribution >= 0.6 is 0 Å². The first-order valence-corrected chi connectivity index (χ1v) is 8.91. The maximum absolute atomic E-state index is 12.9. The molecule has 1 aromatic heterocycles. The van der Waals surface area contributed by atoms with Crippen molar-refractivity contribution in [2.45, 2.75) is 24.8 Å². The molecule has 0 fully saturated rings. The monoisotopic (exact) mass is 361 g/mol. The van der Waals surface area contributed by atoms with E-state index in [9.17, 15) is 18.3 Å². The van der Waals surface area contributed by atoms with E-state index in [-0.39, 0.29) is 28.3 Å². The molecule has 1 aliphatic rings. The second-order valence-corrected chi connectivity index (χ2v) is 7.21. The minimum Gasteiger partial charge on any atom is -0.493 e. The van der Waals surface area contributed by atoms with E-state index in [0.717, 1.165) is 0 Å². The van der Waals surface area contributed by atoms with Crippen molar-refractivity contribution < 1.29 is 23.2 Å². The number of benzene rings is 1. The van der Waals surface area contributed by atoms with Gasteiger partial charge in [0.05, 0.1) is 22.4 Å². The summed E-state index contributed by atoms with van der Waals surface area (Å²) in [6.07, 6.45) is 1.19. The van der Waals surface area contributed by atoms with E-state index in [2.05, 4.69) is 10.3 Å². The minimum atomic E-state index is -4.07. The molecule has 0 spiro atoms. The van der Waals surface area contributed by atoms with Crippen LogP contribution < -0.4 is 0 Å². The first-order chi connectivity index (χ1) is 12.0. The fourth-order valence-electron chi connectivity index (χ4n) is 2.81. The summed E-state index contributed by atoms with van der Waals surface area (Å²) in [6.45, 7) is 2.22. The Morgan fingerprint density at radius 2 is 2.08 bits per heavy atom. The van der Waals surface area contributed by atoms with Crippen LogP contribution in [0.4, 0.5) is 0 Å². The Bertz CT molecular complexity index is 1030. The number of sulfone groups is 1. The third kappa shape index (κ3) is 2.54. The number of aryl methyl sites for hydroxylation is 1. The molecule has 0 aliphatic carbocycles. The number of fused-ring (bicyclic) bond motifs is 1. The Hall–Kier alpha value is -2.90. The summed E-state index contributed by atoms with van der Waals surface area (Å²) < 4.78 is 27.1. The summed E-state index contributed by atoms with van der Waals surface area (Å²) in [6, 6.07) is 4.77. The minimum absolute atomic E-state index is 0.110. The number of nitrogens with zero attached hydrogens (tertiary/aromatic N) is 3. The van der Waals surface area contributed by atoms with Crippen molar-refractivity contribution in [3.8, 4) is 17.0 Å². The lowest BCUT2D eigenvalue weighted by molar-refractivity contribution is 0.213. The molecule has 1 aliphatic heterocycles. The molecule has 0 unspecified atom stereocenters. The molecule has 0 radical (unpaired) electrons. The van der Waals surface area contributed by atoms with E-state index in [4.69, 9.17) is 4.84 Å². The molecule has 0 atom stereocenters. The molecule has 3 rings (SSSR count). The van der Waals surface area contributed by atoms with E-state index in [1.165, 1.54) is 23.9 Å². The molecular formula is C16H15N3O5S. The Morgan fingerprint density at radius 3 is 2.68 bits per heavy atom. The molecule has 1 N–H and O–H groups in total. The average molecular weight is 361 g/mol. The van der Waals surface area contributed by atoms with Crippen molar-refractivity contribution >= 4 is 21.5 Å². The number of oxime groups is 1. The molecular weight excluding hydrogens is 346 g/mol. The molecule has 25 heavy (non-hydrogen) atoms.